The van der Waals surface area contributed by atoms with E-state index in [2.05, 4.69) is 15.3 Å². The van der Waals surface area contributed by atoms with Crippen LogP contribution in [-0.2, 0) is 24.9 Å². The van der Waals surface area contributed by atoms with Gasteiger partial charge in [-0.15, -0.1) is 11.3 Å². The number of nitrogens with one attached hydrogen (secondary N) is 1. The van der Waals surface area contributed by atoms with Crippen LogP contribution in [0, 0.1) is 6.92 Å². The summed E-state index contributed by atoms with van der Waals surface area (Å²) in [5, 5.41) is 5.93. The van der Waals surface area contributed by atoms with Crippen molar-refractivity contribution in [1.29, 1.82) is 0 Å². The van der Waals surface area contributed by atoms with Crippen molar-refractivity contribution in [3.63, 3.8) is 0 Å². The summed E-state index contributed by atoms with van der Waals surface area (Å²) in [6.07, 6.45) is 5.67. The number of rotatable bonds is 6. The van der Waals surface area contributed by atoms with Gasteiger partial charge < -0.3 is 19.5 Å². The molecule has 1 saturated heterocycles. The Morgan fingerprint density at radius 2 is 2.46 bits per heavy atom. The van der Waals surface area contributed by atoms with Gasteiger partial charge >= 0.3 is 6.03 Å². The lowest BCUT2D eigenvalue weighted by atomic mass is 10.2. The number of nitrogens with zero attached hydrogens (tertiary/aromatic N) is 4. The highest BCUT2D eigenvalue weighted by Crippen LogP contribution is 2.17. The summed E-state index contributed by atoms with van der Waals surface area (Å²) >= 11 is 1.58. The number of aryl methyl sites for hydroxylation is 2. The summed E-state index contributed by atoms with van der Waals surface area (Å²) in [5.41, 5.74) is 1.95. The second-order valence-electron chi connectivity index (χ2n) is 6.05. The van der Waals surface area contributed by atoms with Crippen molar-refractivity contribution < 1.29 is 9.53 Å². The molecule has 2 aromatic rings. The monoisotopic (exact) mass is 349 g/mol. The van der Waals surface area contributed by atoms with Gasteiger partial charge in [-0.25, -0.2) is 14.8 Å². The van der Waals surface area contributed by atoms with E-state index in [4.69, 9.17) is 4.74 Å². The first-order chi connectivity index (χ1) is 11.6. The molecule has 0 saturated carbocycles. The molecule has 1 fully saturated rings. The average molecular weight is 349 g/mol. The first-order valence-corrected chi connectivity index (χ1v) is 9.00. The Hall–Kier alpha value is -1.93. The summed E-state index contributed by atoms with van der Waals surface area (Å²) in [5.74, 6) is 0. The van der Waals surface area contributed by atoms with Gasteiger partial charge in [-0.1, -0.05) is 0 Å². The van der Waals surface area contributed by atoms with Crippen molar-refractivity contribution >= 4 is 17.4 Å². The largest absolute Gasteiger partial charge is 0.376 e. The Labute approximate surface area is 145 Å². The highest BCUT2D eigenvalue weighted by atomic mass is 32.1. The van der Waals surface area contributed by atoms with Crippen LogP contribution in [0.1, 0.15) is 29.2 Å². The van der Waals surface area contributed by atoms with Gasteiger partial charge in [0.15, 0.2) is 0 Å². The number of imidazole rings is 1. The van der Waals surface area contributed by atoms with Crippen molar-refractivity contribution in [3.8, 4) is 0 Å². The molecule has 8 heteroatoms. The lowest BCUT2D eigenvalue weighted by Gasteiger charge is -2.25. The van der Waals surface area contributed by atoms with E-state index < -0.39 is 0 Å². The van der Waals surface area contributed by atoms with Gasteiger partial charge in [-0.3, -0.25) is 0 Å². The predicted octanol–water partition coefficient (Wildman–Crippen LogP) is 2.08. The molecule has 0 bridgehead atoms. The zero-order valence-corrected chi connectivity index (χ0v) is 14.9. The number of hydrogen-bond acceptors (Lipinski definition) is 5. The van der Waals surface area contributed by atoms with Crippen LogP contribution >= 0.6 is 11.3 Å². The molecule has 1 N–H and O–H groups in total. The zero-order chi connectivity index (χ0) is 16.9. The zero-order valence-electron chi connectivity index (χ0n) is 14.1. The molecule has 2 amide bonds. The minimum atomic E-state index is -0.0976. The van der Waals surface area contributed by atoms with Crippen LogP contribution in [0.25, 0.3) is 0 Å². The topological polar surface area (TPSA) is 72.3 Å². The van der Waals surface area contributed by atoms with E-state index in [9.17, 15) is 4.79 Å². The van der Waals surface area contributed by atoms with E-state index in [0.29, 0.717) is 19.6 Å². The molecule has 2 aromatic heterocycles. The Morgan fingerprint density at radius 3 is 3.08 bits per heavy atom. The molecule has 3 heterocycles. The number of thiazole rings is 1. The van der Waals surface area contributed by atoms with Crippen LogP contribution in [0.15, 0.2) is 17.9 Å². The van der Waals surface area contributed by atoms with E-state index >= 15 is 0 Å². The van der Waals surface area contributed by atoms with E-state index in [-0.39, 0.29) is 12.1 Å². The molecule has 0 radical (unpaired) electrons. The van der Waals surface area contributed by atoms with Crippen LogP contribution in [0.2, 0.25) is 0 Å². The van der Waals surface area contributed by atoms with Crippen molar-refractivity contribution in [1.82, 2.24) is 24.8 Å². The molecule has 1 unspecified atom stereocenters. The van der Waals surface area contributed by atoms with Gasteiger partial charge in [-0.05, 0) is 19.8 Å². The average Bonchev–Trinajstić information content (AvgIpc) is 3.28. The molecule has 24 heavy (non-hydrogen) atoms. The molecule has 130 valence electrons. The van der Waals surface area contributed by atoms with E-state index in [0.717, 1.165) is 35.8 Å². The van der Waals surface area contributed by atoms with Gasteiger partial charge in [0.05, 0.1) is 31.2 Å². The molecule has 3 rings (SSSR count). The second-order valence-corrected chi connectivity index (χ2v) is 7.00. The summed E-state index contributed by atoms with van der Waals surface area (Å²) in [6.45, 7) is 4.30. The van der Waals surface area contributed by atoms with Crippen LogP contribution in [0.4, 0.5) is 4.79 Å². The normalized spacial score (nSPS) is 17.2. The van der Waals surface area contributed by atoms with Crippen LogP contribution in [0.3, 0.4) is 0 Å². The fourth-order valence-electron chi connectivity index (χ4n) is 2.72. The third-order valence-electron chi connectivity index (χ3n) is 4.07. The molecular formula is C16H23N5O2S. The van der Waals surface area contributed by atoms with E-state index in [1.54, 1.807) is 28.8 Å². The second kappa shape index (κ2) is 7.76. The summed E-state index contributed by atoms with van der Waals surface area (Å²) in [6, 6.07) is -0.0976. The number of ether oxygens (including phenoxy) is 1. The first kappa shape index (κ1) is 16.9. The quantitative estimate of drug-likeness (QED) is 0.867. The number of carbonyl (C=O) groups excluding carboxylic acids is 1. The lowest BCUT2D eigenvalue weighted by molar-refractivity contribution is 0.0793. The van der Waals surface area contributed by atoms with Gasteiger partial charge in [0.1, 0.15) is 5.01 Å². The van der Waals surface area contributed by atoms with Crippen molar-refractivity contribution in [2.45, 2.75) is 39.0 Å². The standard InChI is InChI=1S/C16H23N5O2S/c1-12-10-24-15(19-12)9-21(8-14-4-3-5-23-14)16(22)18-7-13-6-17-11-20(13)2/h6,10-11,14H,3-5,7-9H2,1-2H3,(H,18,22). The smallest absolute Gasteiger partial charge is 0.318 e. The van der Waals surface area contributed by atoms with Crippen LogP contribution in [-0.4, -0.2) is 44.7 Å². The third kappa shape index (κ3) is 4.33. The third-order valence-corrected chi connectivity index (χ3v) is 5.02. The molecule has 1 atom stereocenters. The predicted molar refractivity (Wildman–Crippen MR) is 91.7 cm³/mol. The van der Waals surface area contributed by atoms with E-state index in [1.165, 1.54) is 0 Å². The Balaban J connectivity index is 1.62. The molecule has 1 aliphatic rings. The molecule has 0 spiro atoms. The van der Waals surface area contributed by atoms with Crippen molar-refractivity contribution in [2.75, 3.05) is 13.2 Å². The van der Waals surface area contributed by atoms with Crippen LogP contribution in [0.5, 0.6) is 0 Å². The van der Waals surface area contributed by atoms with Gasteiger partial charge in [-0.2, -0.15) is 0 Å². The maximum absolute atomic E-state index is 12.7. The number of hydrogen-bond donors (Lipinski definition) is 1. The van der Waals surface area contributed by atoms with Gasteiger partial charge in [0.2, 0.25) is 0 Å². The number of urea groups is 1. The SMILES string of the molecule is Cc1csc(CN(CC2CCCO2)C(=O)NCc2cncn2C)n1. The summed E-state index contributed by atoms with van der Waals surface area (Å²) in [7, 11) is 1.91. The fourth-order valence-corrected chi connectivity index (χ4v) is 3.51. The van der Waals surface area contributed by atoms with Crippen molar-refractivity contribution in [2.24, 2.45) is 7.05 Å². The number of carbonyl (C=O) groups is 1. The van der Waals surface area contributed by atoms with Crippen LogP contribution < -0.4 is 5.32 Å². The highest BCUT2D eigenvalue weighted by molar-refractivity contribution is 7.09. The number of amides is 2. The lowest BCUT2D eigenvalue weighted by Crippen LogP contribution is -2.43. The summed E-state index contributed by atoms with van der Waals surface area (Å²) in [4.78, 5) is 23.0. The van der Waals surface area contributed by atoms with E-state index in [1.807, 2.05) is 23.9 Å². The molecular weight excluding hydrogens is 326 g/mol. The minimum Gasteiger partial charge on any atom is -0.376 e. The van der Waals surface area contributed by atoms with Gasteiger partial charge in [0, 0.05) is 37.5 Å². The van der Waals surface area contributed by atoms with Crippen molar-refractivity contribution in [3.05, 3.63) is 34.3 Å². The number of aromatic nitrogens is 3. The maximum atomic E-state index is 12.7. The molecule has 1 aliphatic heterocycles. The Kier molecular flexibility index (Phi) is 5.47. The fraction of sp³-hybridized carbons (Fsp3) is 0.562. The maximum Gasteiger partial charge on any atom is 0.318 e. The Morgan fingerprint density at radius 1 is 1.58 bits per heavy atom. The Bertz CT molecular complexity index is 678. The van der Waals surface area contributed by atoms with Gasteiger partial charge in [0.25, 0.3) is 0 Å². The molecule has 0 aliphatic carbocycles. The molecule has 7 nitrogen and oxygen atoms in total. The summed E-state index contributed by atoms with van der Waals surface area (Å²) < 4.78 is 7.59. The first-order valence-electron chi connectivity index (χ1n) is 8.12. The minimum absolute atomic E-state index is 0.0976. The molecule has 0 aromatic carbocycles. The highest BCUT2D eigenvalue weighted by Gasteiger charge is 2.23.